The van der Waals surface area contributed by atoms with Gasteiger partial charge in [-0.25, -0.2) is 21.9 Å². The van der Waals surface area contributed by atoms with Gasteiger partial charge in [-0.1, -0.05) is 22.0 Å². The second-order valence-corrected chi connectivity index (χ2v) is 7.83. The fraction of sp³-hybridized carbons (Fsp3) is 0.133. The lowest BCUT2D eigenvalue weighted by atomic mass is 10.2. The third-order valence-corrected chi connectivity index (χ3v) is 5.26. The van der Waals surface area contributed by atoms with Gasteiger partial charge in [0.1, 0.15) is 16.5 Å². The van der Waals surface area contributed by atoms with Crippen LogP contribution in [0.5, 0.6) is 5.75 Å². The molecule has 1 aliphatic heterocycles. The van der Waals surface area contributed by atoms with Gasteiger partial charge in [0.25, 0.3) is 5.91 Å². The quantitative estimate of drug-likeness (QED) is 0.777. The van der Waals surface area contributed by atoms with Crippen LogP contribution in [0.25, 0.3) is 0 Å². The number of hydrogen-bond donors (Lipinski definition) is 2. The number of sulfonamides is 1. The molecule has 0 atom stereocenters. The average molecular weight is 433 g/mol. The van der Waals surface area contributed by atoms with Crippen molar-refractivity contribution in [2.75, 3.05) is 11.9 Å². The molecule has 0 spiro atoms. The lowest BCUT2D eigenvalue weighted by molar-refractivity contribution is -0.118. The predicted molar refractivity (Wildman–Crippen MR) is 88.7 cm³/mol. The van der Waals surface area contributed by atoms with Crippen molar-refractivity contribution in [2.24, 2.45) is 0 Å². The summed E-state index contributed by atoms with van der Waals surface area (Å²) >= 11 is 3.17. The SMILES string of the molecule is O=C1COc2c(cc(Br)cc2S(=O)(=O)NCc2ccc(F)cc2F)N1. The Bertz CT molecular complexity index is 966. The van der Waals surface area contributed by atoms with E-state index in [1.54, 1.807) is 0 Å². The Labute approximate surface area is 150 Å². The highest BCUT2D eigenvalue weighted by atomic mass is 79.9. The van der Waals surface area contributed by atoms with E-state index in [1.165, 1.54) is 12.1 Å². The molecule has 0 fully saturated rings. The summed E-state index contributed by atoms with van der Waals surface area (Å²) in [7, 11) is -4.08. The fourth-order valence-corrected chi connectivity index (χ4v) is 4.05. The molecule has 2 aromatic carbocycles. The number of hydrogen-bond acceptors (Lipinski definition) is 4. The molecule has 2 aromatic rings. The third kappa shape index (κ3) is 3.80. The zero-order valence-corrected chi connectivity index (χ0v) is 14.9. The van der Waals surface area contributed by atoms with E-state index in [2.05, 4.69) is 26.0 Å². The molecule has 10 heteroatoms. The summed E-state index contributed by atoms with van der Waals surface area (Å²) in [6, 6.07) is 5.67. The Morgan fingerprint density at radius 1 is 1.24 bits per heavy atom. The summed E-state index contributed by atoms with van der Waals surface area (Å²) in [6.45, 7) is -0.689. The summed E-state index contributed by atoms with van der Waals surface area (Å²) in [5.41, 5.74) is 0.196. The molecule has 0 aliphatic carbocycles. The summed E-state index contributed by atoms with van der Waals surface area (Å²) in [5.74, 6) is -2.03. The fourth-order valence-electron chi connectivity index (χ4n) is 2.25. The normalized spacial score (nSPS) is 13.8. The first kappa shape index (κ1) is 17.8. The lowest BCUT2D eigenvalue weighted by Crippen LogP contribution is -2.29. The molecule has 1 aliphatic rings. The van der Waals surface area contributed by atoms with E-state index in [0.717, 1.165) is 12.1 Å². The number of carbonyl (C=O) groups is 1. The molecule has 1 amide bonds. The van der Waals surface area contributed by atoms with Crippen LogP contribution < -0.4 is 14.8 Å². The van der Waals surface area contributed by atoms with Crippen molar-refractivity contribution in [3.8, 4) is 5.75 Å². The first-order valence-electron chi connectivity index (χ1n) is 6.96. The molecule has 0 aromatic heterocycles. The summed E-state index contributed by atoms with van der Waals surface area (Å²) < 4.78 is 59.6. The molecule has 132 valence electrons. The van der Waals surface area contributed by atoms with Gasteiger partial charge in [-0.15, -0.1) is 0 Å². The van der Waals surface area contributed by atoms with Gasteiger partial charge in [0.15, 0.2) is 12.4 Å². The largest absolute Gasteiger partial charge is 0.480 e. The molecule has 6 nitrogen and oxygen atoms in total. The Kier molecular flexibility index (Phi) is 4.76. The highest BCUT2D eigenvalue weighted by molar-refractivity contribution is 9.10. The first-order valence-corrected chi connectivity index (χ1v) is 9.24. The summed E-state index contributed by atoms with van der Waals surface area (Å²) in [4.78, 5) is 11.2. The lowest BCUT2D eigenvalue weighted by Gasteiger charge is -2.21. The van der Waals surface area contributed by atoms with Crippen LogP contribution in [0.15, 0.2) is 39.7 Å². The number of ether oxygens (including phenoxy) is 1. The van der Waals surface area contributed by atoms with Gasteiger partial charge >= 0.3 is 0 Å². The minimum absolute atomic E-state index is 0.00474. The Hall–Kier alpha value is -2.04. The van der Waals surface area contributed by atoms with Crippen LogP contribution in [-0.2, 0) is 21.4 Å². The molecule has 25 heavy (non-hydrogen) atoms. The van der Waals surface area contributed by atoms with Crippen LogP contribution in [0.4, 0.5) is 14.5 Å². The number of nitrogens with one attached hydrogen (secondary N) is 2. The number of fused-ring (bicyclic) bond motifs is 1. The molecular weight excluding hydrogens is 422 g/mol. The van der Waals surface area contributed by atoms with Crippen LogP contribution in [0.1, 0.15) is 5.56 Å². The van der Waals surface area contributed by atoms with Crippen molar-refractivity contribution in [2.45, 2.75) is 11.4 Å². The smallest absolute Gasteiger partial charge is 0.262 e. The highest BCUT2D eigenvalue weighted by Gasteiger charge is 2.27. The van der Waals surface area contributed by atoms with E-state index in [9.17, 15) is 22.0 Å². The molecule has 2 N–H and O–H groups in total. The van der Waals surface area contributed by atoms with Crippen LogP contribution in [0.3, 0.4) is 0 Å². The van der Waals surface area contributed by atoms with Crippen molar-refractivity contribution in [3.63, 3.8) is 0 Å². The summed E-state index contributed by atoms with van der Waals surface area (Å²) in [6.07, 6.45) is 0. The van der Waals surface area contributed by atoms with Gasteiger partial charge in [-0.3, -0.25) is 4.79 Å². The van der Waals surface area contributed by atoms with E-state index in [1.807, 2.05) is 0 Å². The van der Waals surface area contributed by atoms with Crippen molar-refractivity contribution >= 4 is 37.5 Å². The number of carbonyl (C=O) groups excluding carboxylic acids is 1. The van der Waals surface area contributed by atoms with E-state index in [0.29, 0.717) is 10.5 Å². The number of rotatable bonds is 4. The van der Waals surface area contributed by atoms with Crippen LogP contribution in [0, 0.1) is 11.6 Å². The van der Waals surface area contributed by atoms with Crippen molar-refractivity contribution in [1.29, 1.82) is 0 Å². The monoisotopic (exact) mass is 432 g/mol. The number of benzene rings is 2. The Morgan fingerprint density at radius 3 is 2.72 bits per heavy atom. The highest BCUT2D eigenvalue weighted by Crippen LogP contribution is 2.37. The predicted octanol–water partition coefficient (Wildman–Crippen LogP) is 2.54. The van der Waals surface area contributed by atoms with Crippen LogP contribution in [0.2, 0.25) is 0 Å². The number of halogens is 3. The van der Waals surface area contributed by atoms with Gasteiger partial charge in [0, 0.05) is 22.6 Å². The molecule has 0 radical (unpaired) electrons. The minimum Gasteiger partial charge on any atom is -0.480 e. The maximum absolute atomic E-state index is 13.7. The van der Waals surface area contributed by atoms with Gasteiger partial charge in [0.2, 0.25) is 10.0 Å². The Balaban J connectivity index is 1.91. The van der Waals surface area contributed by atoms with E-state index in [4.69, 9.17) is 4.74 Å². The maximum atomic E-state index is 13.7. The van der Waals surface area contributed by atoms with E-state index in [-0.39, 0.29) is 35.0 Å². The van der Waals surface area contributed by atoms with Gasteiger partial charge < -0.3 is 10.1 Å². The third-order valence-electron chi connectivity index (χ3n) is 3.40. The van der Waals surface area contributed by atoms with Crippen LogP contribution >= 0.6 is 15.9 Å². The summed E-state index contributed by atoms with van der Waals surface area (Å²) in [5, 5.41) is 2.51. The van der Waals surface area contributed by atoms with Crippen molar-refractivity contribution in [3.05, 3.63) is 52.0 Å². The molecule has 0 saturated carbocycles. The second-order valence-electron chi connectivity index (χ2n) is 5.18. The zero-order valence-electron chi connectivity index (χ0n) is 12.5. The van der Waals surface area contributed by atoms with Crippen molar-refractivity contribution < 1.29 is 26.7 Å². The maximum Gasteiger partial charge on any atom is 0.262 e. The molecule has 0 bridgehead atoms. The topological polar surface area (TPSA) is 84.5 Å². The molecule has 0 unspecified atom stereocenters. The van der Waals surface area contributed by atoms with Gasteiger partial charge in [0.05, 0.1) is 5.69 Å². The van der Waals surface area contributed by atoms with Crippen LogP contribution in [-0.4, -0.2) is 20.9 Å². The Morgan fingerprint density at radius 2 is 2.00 bits per heavy atom. The zero-order chi connectivity index (χ0) is 18.2. The average Bonchev–Trinajstić information content (AvgIpc) is 2.52. The molecule has 0 saturated heterocycles. The molecular formula is C15H11BrF2N2O4S. The second kappa shape index (κ2) is 6.70. The van der Waals surface area contributed by atoms with Gasteiger partial charge in [-0.05, 0) is 18.2 Å². The van der Waals surface area contributed by atoms with E-state index >= 15 is 0 Å². The van der Waals surface area contributed by atoms with Crippen molar-refractivity contribution in [1.82, 2.24) is 4.72 Å². The van der Waals surface area contributed by atoms with E-state index < -0.39 is 27.6 Å². The molecule has 1 heterocycles. The molecule has 3 rings (SSSR count). The minimum atomic E-state index is -4.08. The standard InChI is InChI=1S/C15H11BrF2N2O4S/c16-9-3-12-15(24-7-14(21)20-12)13(4-9)25(22,23)19-6-8-1-2-10(17)5-11(8)18/h1-5,19H,6-7H2,(H,20,21). The number of anilines is 1. The van der Waals surface area contributed by atoms with Gasteiger partial charge in [-0.2, -0.15) is 0 Å². The first-order chi connectivity index (χ1) is 11.8. The number of amides is 1.